The molecule has 1 saturated carbocycles. The molecule has 0 unspecified atom stereocenters. The van der Waals surface area contributed by atoms with E-state index in [4.69, 9.17) is 27.6 Å². The Bertz CT molecular complexity index is 771. The Labute approximate surface area is 175 Å². The van der Waals surface area contributed by atoms with Crippen molar-refractivity contribution >= 4 is 35.0 Å². The van der Waals surface area contributed by atoms with Crippen LogP contribution in [0.15, 0.2) is 47.1 Å². The Kier molecular flexibility index (Phi) is 7.40. The van der Waals surface area contributed by atoms with Crippen LogP contribution in [0.25, 0.3) is 0 Å². The Morgan fingerprint density at radius 1 is 1.14 bits per heavy atom. The molecule has 0 bridgehead atoms. The Hall–Kier alpha value is -1.98. The summed E-state index contributed by atoms with van der Waals surface area (Å²) in [6.45, 7) is 0.157. The summed E-state index contributed by atoms with van der Waals surface area (Å²) in [7, 11) is 0. The molecule has 5 nitrogen and oxygen atoms in total. The second-order valence-electron chi connectivity index (χ2n) is 7.03. The van der Waals surface area contributed by atoms with Crippen LogP contribution in [-0.4, -0.2) is 28.6 Å². The summed E-state index contributed by atoms with van der Waals surface area (Å²) in [5.41, 5.74) is 0.683. The Balaban J connectivity index is 1.90. The van der Waals surface area contributed by atoms with Gasteiger partial charge < -0.3 is 14.6 Å². The van der Waals surface area contributed by atoms with Crippen LogP contribution in [0.2, 0.25) is 5.02 Å². The van der Waals surface area contributed by atoms with Gasteiger partial charge in [0.1, 0.15) is 17.7 Å². The fourth-order valence-corrected chi connectivity index (χ4v) is 3.90. The first-order valence-electron chi connectivity index (χ1n) is 9.52. The lowest BCUT2D eigenvalue weighted by Crippen LogP contribution is -2.47. The third-order valence-corrected chi connectivity index (χ3v) is 5.52. The topological polar surface area (TPSA) is 62.6 Å². The van der Waals surface area contributed by atoms with Crippen molar-refractivity contribution in [2.24, 2.45) is 0 Å². The van der Waals surface area contributed by atoms with Gasteiger partial charge in [0.25, 0.3) is 0 Å². The molecule has 1 atom stereocenters. The molecule has 0 spiro atoms. The SMILES string of the molecule is O=C(NC1CCCCC1)[C@@H](c1ccc(Cl)cc1)N(Cc1ccco1)C(=O)CCl. The predicted molar refractivity (Wildman–Crippen MR) is 109 cm³/mol. The number of carbonyl (C=O) groups is 2. The van der Waals surface area contributed by atoms with Crippen LogP contribution >= 0.6 is 23.2 Å². The summed E-state index contributed by atoms with van der Waals surface area (Å²) in [6, 6.07) is 9.81. The normalized spacial score (nSPS) is 15.8. The molecular formula is C21H24Cl2N2O3. The monoisotopic (exact) mass is 422 g/mol. The molecule has 150 valence electrons. The summed E-state index contributed by atoms with van der Waals surface area (Å²) in [5.74, 6) is -0.180. The molecule has 2 aromatic rings. The number of halogens is 2. The molecule has 0 radical (unpaired) electrons. The van der Waals surface area contributed by atoms with Crippen molar-refractivity contribution in [3.05, 3.63) is 59.0 Å². The van der Waals surface area contributed by atoms with E-state index in [1.807, 2.05) is 0 Å². The minimum atomic E-state index is -0.810. The molecule has 0 saturated heterocycles. The maximum absolute atomic E-state index is 13.3. The Morgan fingerprint density at radius 2 is 1.86 bits per heavy atom. The third-order valence-electron chi connectivity index (χ3n) is 5.04. The highest BCUT2D eigenvalue weighted by Crippen LogP contribution is 2.27. The van der Waals surface area contributed by atoms with Gasteiger partial charge in [-0.1, -0.05) is 43.0 Å². The molecule has 3 rings (SSSR count). The number of furan rings is 1. The first kappa shape index (κ1) is 20.7. The minimum Gasteiger partial charge on any atom is -0.467 e. The number of rotatable bonds is 7. The number of benzene rings is 1. The average Bonchev–Trinajstić information content (AvgIpc) is 3.22. The highest BCUT2D eigenvalue weighted by atomic mass is 35.5. The zero-order chi connectivity index (χ0) is 19.9. The molecular weight excluding hydrogens is 399 g/mol. The average molecular weight is 423 g/mol. The van der Waals surface area contributed by atoms with Crippen LogP contribution in [0.1, 0.15) is 49.5 Å². The molecule has 1 aromatic heterocycles. The summed E-state index contributed by atoms with van der Waals surface area (Å²) in [4.78, 5) is 27.4. The largest absolute Gasteiger partial charge is 0.467 e. The Morgan fingerprint density at radius 3 is 2.46 bits per heavy atom. The van der Waals surface area contributed by atoms with E-state index in [9.17, 15) is 9.59 Å². The summed E-state index contributed by atoms with van der Waals surface area (Å²) < 4.78 is 5.40. The molecule has 1 aliphatic rings. The standard InChI is InChI=1S/C21H24Cl2N2O3/c22-13-19(26)25(14-18-7-4-12-28-18)20(15-8-10-16(23)11-9-15)21(27)24-17-5-2-1-3-6-17/h4,7-12,17,20H,1-3,5-6,13-14H2,(H,24,27)/t20-/m1/s1. The van der Waals surface area contributed by atoms with Crippen LogP contribution in [0.4, 0.5) is 0 Å². The number of alkyl halides is 1. The number of carbonyl (C=O) groups excluding carboxylic acids is 2. The van der Waals surface area contributed by atoms with Gasteiger partial charge in [-0.2, -0.15) is 0 Å². The van der Waals surface area contributed by atoms with E-state index in [1.54, 1.807) is 36.4 Å². The molecule has 2 amide bonds. The second kappa shape index (κ2) is 9.99. The first-order valence-corrected chi connectivity index (χ1v) is 10.4. The van der Waals surface area contributed by atoms with Crippen LogP contribution in [0.5, 0.6) is 0 Å². The van der Waals surface area contributed by atoms with Crippen molar-refractivity contribution in [3.63, 3.8) is 0 Å². The maximum atomic E-state index is 13.3. The van der Waals surface area contributed by atoms with E-state index >= 15 is 0 Å². The van der Waals surface area contributed by atoms with Gasteiger partial charge in [0.2, 0.25) is 11.8 Å². The van der Waals surface area contributed by atoms with Gasteiger partial charge in [0.05, 0.1) is 12.8 Å². The van der Waals surface area contributed by atoms with Crippen LogP contribution in [-0.2, 0) is 16.1 Å². The van der Waals surface area contributed by atoms with E-state index in [0.717, 1.165) is 25.7 Å². The maximum Gasteiger partial charge on any atom is 0.247 e. The number of amides is 2. The molecule has 1 heterocycles. The molecule has 1 aliphatic carbocycles. The lowest BCUT2D eigenvalue weighted by molar-refractivity contribution is -0.140. The van der Waals surface area contributed by atoms with Crippen LogP contribution in [0.3, 0.4) is 0 Å². The van der Waals surface area contributed by atoms with Crippen molar-refractivity contribution in [3.8, 4) is 0 Å². The number of nitrogens with one attached hydrogen (secondary N) is 1. The fourth-order valence-electron chi connectivity index (χ4n) is 3.62. The molecule has 28 heavy (non-hydrogen) atoms. The second-order valence-corrected chi connectivity index (χ2v) is 7.74. The van der Waals surface area contributed by atoms with Gasteiger partial charge in [-0.15, -0.1) is 11.6 Å². The highest BCUT2D eigenvalue weighted by Gasteiger charge is 2.33. The highest BCUT2D eigenvalue weighted by molar-refractivity contribution is 6.30. The summed E-state index contributed by atoms with van der Waals surface area (Å²) >= 11 is 11.9. The number of hydrogen-bond donors (Lipinski definition) is 1. The van der Waals surface area contributed by atoms with Crippen molar-refractivity contribution in [1.29, 1.82) is 0 Å². The summed E-state index contributed by atoms with van der Waals surface area (Å²) in [6.07, 6.45) is 6.86. The molecule has 1 aromatic carbocycles. The van der Waals surface area contributed by atoms with E-state index < -0.39 is 6.04 Å². The lowest BCUT2D eigenvalue weighted by atomic mass is 9.94. The first-order chi connectivity index (χ1) is 13.6. The quantitative estimate of drug-likeness (QED) is 0.658. The van der Waals surface area contributed by atoms with Crippen molar-refractivity contribution < 1.29 is 14.0 Å². The van der Waals surface area contributed by atoms with E-state index in [2.05, 4.69) is 5.32 Å². The van der Waals surface area contributed by atoms with Crippen molar-refractivity contribution in [2.75, 3.05) is 5.88 Å². The fraction of sp³-hybridized carbons (Fsp3) is 0.429. The third kappa shape index (κ3) is 5.30. The number of nitrogens with zero attached hydrogens (tertiary/aromatic N) is 1. The minimum absolute atomic E-state index is 0.132. The van der Waals surface area contributed by atoms with Gasteiger partial charge in [-0.25, -0.2) is 0 Å². The smallest absolute Gasteiger partial charge is 0.247 e. The van der Waals surface area contributed by atoms with Crippen LogP contribution in [0, 0.1) is 0 Å². The molecule has 7 heteroatoms. The van der Waals surface area contributed by atoms with Gasteiger partial charge in [0.15, 0.2) is 0 Å². The van der Waals surface area contributed by atoms with E-state index in [0.29, 0.717) is 16.3 Å². The van der Waals surface area contributed by atoms with Gasteiger partial charge >= 0.3 is 0 Å². The van der Waals surface area contributed by atoms with Gasteiger partial charge in [-0.3, -0.25) is 9.59 Å². The summed E-state index contributed by atoms with van der Waals surface area (Å²) in [5, 5.41) is 3.70. The predicted octanol–water partition coefficient (Wildman–Crippen LogP) is 4.69. The van der Waals surface area contributed by atoms with E-state index in [-0.39, 0.29) is 30.3 Å². The molecule has 1 N–H and O–H groups in total. The number of hydrogen-bond acceptors (Lipinski definition) is 3. The van der Waals surface area contributed by atoms with Crippen molar-refractivity contribution in [1.82, 2.24) is 10.2 Å². The van der Waals surface area contributed by atoms with E-state index in [1.165, 1.54) is 17.6 Å². The van der Waals surface area contributed by atoms with Gasteiger partial charge in [0, 0.05) is 11.1 Å². The molecule has 1 fully saturated rings. The zero-order valence-electron chi connectivity index (χ0n) is 15.6. The lowest BCUT2D eigenvalue weighted by Gasteiger charge is -2.32. The zero-order valence-corrected chi connectivity index (χ0v) is 17.1. The van der Waals surface area contributed by atoms with Crippen LogP contribution < -0.4 is 5.32 Å². The molecule has 0 aliphatic heterocycles. The van der Waals surface area contributed by atoms with Crippen molar-refractivity contribution in [2.45, 2.75) is 50.7 Å². The van der Waals surface area contributed by atoms with Gasteiger partial charge in [-0.05, 0) is 42.7 Å².